The Balaban J connectivity index is 1.42. The van der Waals surface area contributed by atoms with Crippen LogP contribution in [0.2, 0.25) is 0 Å². The summed E-state index contributed by atoms with van der Waals surface area (Å²) < 4.78 is 3.52. The first-order valence-corrected chi connectivity index (χ1v) is 10.5. The van der Waals surface area contributed by atoms with Gasteiger partial charge in [-0.05, 0) is 37.0 Å². The maximum absolute atomic E-state index is 13.0. The minimum absolute atomic E-state index is 0.122. The molecule has 3 aromatic rings. The Labute approximate surface area is 176 Å². The summed E-state index contributed by atoms with van der Waals surface area (Å²) in [5.74, 6) is 1.91. The zero-order chi connectivity index (χ0) is 21.1. The molecule has 156 valence electrons. The molecule has 0 spiro atoms. The second kappa shape index (κ2) is 8.65. The van der Waals surface area contributed by atoms with Crippen molar-refractivity contribution in [1.29, 1.82) is 0 Å². The van der Waals surface area contributed by atoms with E-state index in [0.29, 0.717) is 36.3 Å². The molecule has 0 radical (unpaired) electrons. The van der Waals surface area contributed by atoms with Crippen LogP contribution >= 0.6 is 0 Å². The quantitative estimate of drug-likeness (QED) is 0.654. The van der Waals surface area contributed by atoms with Gasteiger partial charge < -0.3 is 9.47 Å². The highest BCUT2D eigenvalue weighted by Gasteiger charge is 2.25. The van der Waals surface area contributed by atoms with E-state index in [4.69, 9.17) is 0 Å². The van der Waals surface area contributed by atoms with Crippen molar-refractivity contribution in [3.63, 3.8) is 0 Å². The van der Waals surface area contributed by atoms with E-state index in [0.717, 1.165) is 25.2 Å². The summed E-state index contributed by atoms with van der Waals surface area (Å²) in [6.45, 7) is 6.64. The first kappa shape index (κ1) is 20.1. The Hall–Kier alpha value is -3.22. The molecule has 1 saturated heterocycles. The Morgan fingerprint density at radius 2 is 1.83 bits per heavy atom. The molecule has 1 aromatic carbocycles. The summed E-state index contributed by atoms with van der Waals surface area (Å²) in [6, 6.07) is 12.1. The molecule has 1 fully saturated rings. The van der Waals surface area contributed by atoms with Crippen molar-refractivity contribution in [2.75, 3.05) is 13.1 Å². The molecule has 30 heavy (non-hydrogen) atoms. The second-order valence-corrected chi connectivity index (χ2v) is 8.13. The van der Waals surface area contributed by atoms with Crippen molar-refractivity contribution < 1.29 is 4.79 Å². The normalized spacial score (nSPS) is 15.0. The average molecular weight is 406 g/mol. The number of imidazole rings is 1. The molecule has 1 aliphatic rings. The molecule has 0 aliphatic carbocycles. The molecule has 2 aromatic heterocycles. The predicted molar refractivity (Wildman–Crippen MR) is 115 cm³/mol. The third-order valence-corrected chi connectivity index (χ3v) is 5.64. The molecule has 0 unspecified atom stereocenters. The molecule has 7 heteroatoms. The Bertz CT molecular complexity index is 1060. The molecular weight excluding hydrogens is 378 g/mol. The lowest BCUT2D eigenvalue weighted by Crippen LogP contribution is -2.40. The van der Waals surface area contributed by atoms with Crippen LogP contribution in [0.1, 0.15) is 48.9 Å². The largest absolute Gasteiger partial charge is 0.337 e. The Kier molecular flexibility index (Phi) is 5.79. The number of carbonyl (C=O) groups excluding carboxylic acids is 1. The summed E-state index contributed by atoms with van der Waals surface area (Å²) in [5.41, 5.74) is 0.698. The van der Waals surface area contributed by atoms with Crippen LogP contribution in [0.25, 0.3) is 5.69 Å². The number of piperidine rings is 1. The van der Waals surface area contributed by atoms with Crippen molar-refractivity contribution in [2.24, 2.45) is 5.92 Å². The molecule has 7 nitrogen and oxygen atoms in total. The van der Waals surface area contributed by atoms with Crippen LogP contribution in [0, 0.1) is 5.92 Å². The number of aromatic nitrogens is 4. The van der Waals surface area contributed by atoms with Gasteiger partial charge >= 0.3 is 0 Å². The molecular formula is C23H27N5O2. The molecule has 0 N–H and O–H groups in total. The van der Waals surface area contributed by atoms with Crippen molar-refractivity contribution in [3.8, 4) is 5.69 Å². The molecule has 0 saturated carbocycles. The van der Waals surface area contributed by atoms with Crippen LogP contribution in [0.15, 0.2) is 59.7 Å². The van der Waals surface area contributed by atoms with Crippen LogP contribution < -0.4 is 5.56 Å². The highest BCUT2D eigenvalue weighted by Crippen LogP contribution is 2.22. The van der Waals surface area contributed by atoms with Gasteiger partial charge in [-0.25, -0.2) is 4.98 Å². The van der Waals surface area contributed by atoms with E-state index in [-0.39, 0.29) is 11.5 Å². The minimum atomic E-state index is -0.252. The van der Waals surface area contributed by atoms with Crippen LogP contribution in [0.5, 0.6) is 0 Å². The van der Waals surface area contributed by atoms with Crippen LogP contribution in [-0.4, -0.2) is 43.2 Å². The molecule has 3 heterocycles. The van der Waals surface area contributed by atoms with Crippen molar-refractivity contribution >= 4 is 5.91 Å². The Morgan fingerprint density at radius 3 is 2.53 bits per heavy atom. The number of carbonyl (C=O) groups is 1. The lowest BCUT2D eigenvalue weighted by atomic mass is 9.96. The van der Waals surface area contributed by atoms with E-state index < -0.39 is 0 Å². The van der Waals surface area contributed by atoms with Gasteiger partial charge in [0.1, 0.15) is 11.5 Å². The van der Waals surface area contributed by atoms with Crippen LogP contribution in [0.4, 0.5) is 0 Å². The van der Waals surface area contributed by atoms with Gasteiger partial charge in [0.05, 0.1) is 5.69 Å². The van der Waals surface area contributed by atoms with E-state index in [1.54, 1.807) is 12.1 Å². The van der Waals surface area contributed by atoms with E-state index >= 15 is 0 Å². The van der Waals surface area contributed by atoms with Crippen LogP contribution in [0.3, 0.4) is 0 Å². The number of nitrogens with zero attached hydrogens (tertiary/aromatic N) is 5. The molecule has 1 amide bonds. The van der Waals surface area contributed by atoms with Gasteiger partial charge in [-0.15, -0.1) is 0 Å². The van der Waals surface area contributed by atoms with Gasteiger partial charge in [0.25, 0.3) is 11.5 Å². The van der Waals surface area contributed by atoms with Gasteiger partial charge in [-0.2, -0.15) is 9.78 Å². The zero-order valence-electron chi connectivity index (χ0n) is 17.4. The van der Waals surface area contributed by atoms with E-state index in [1.165, 1.54) is 16.8 Å². The molecule has 4 rings (SSSR count). The van der Waals surface area contributed by atoms with Gasteiger partial charge in [-0.3, -0.25) is 9.59 Å². The first-order valence-electron chi connectivity index (χ1n) is 10.5. The van der Waals surface area contributed by atoms with Gasteiger partial charge in [0.15, 0.2) is 0 Å². The van der Waals surface area contributed by atoms with Crippen molar-refractivity contribution in [1.82, 2.24) is 24.2 Å². The molecule has 0 bridgehead atoms. The van der Waals surface area contributed by atoms with Crippen molar-refractivity contribution in [2.45, 2.75) is 39.2 Å². The SMILES string of the molecule is CC(C)c1nccn1CC1CCN(C(=O)c2ccc(=O)n(-c3ccccc3)n2)CC1. The number of hydrogen-bond donors (Lipinski definition) is 0. The number of hydrogen-bond acceptors (Lipinski definition) is 4. The van der Waals surface area contributed by atoms with E-state index in [1.807, 2.05) is 35.5 Å². The highest BCUT2D eigenvalue weighted by molar-refractivity contribution is 5.92. The monoisotopic (exact) mass is 405 g/mol. The smallest absolute Gasteiger partial charge is 0.274 e. The number of benzene rings is 1. The lowest BCUT2D eigenvalue weighted by molar-refractivity contribution is 0.0674. The van der Waals surface area contributed by atoms with Crippen molar-refractivity contribution in [3.05, 3.63) is 76.7 Å². The fourth-order valence-corrected chi connectivity index (χ4v) is 4.01. The summed E-state index contributed by atoms with van der Waals surface area (Å²) >= 11 is 0. The summed E-state index contributed by atoms with van der Waals surface area (Å²) in [4.78, 5) is 31.5. The van der Waals surface area contributed by atoms with Crippen LogP contribution in [-0.2, 0) is 6.54 Å². The molecule has 1 aliphatic heterocycles. The fraction of sp³-hybridized carbons (Fsp3) is 0.391. The zero-order valence-corrected chi connectivity index (χ0v) is 17.4. The van der Waals surface area contributed by atoms with Gasteiger partial charge in [0, 0.05) is 44.0 Å². The van der Waals surface area contributed by atoms with Gasteiger partial charge in [0.2, 0.25) is 0 Å². The second-order valence-electron chi connectivity index (χ2n) is 8.13. The van der Waals surface area contributed by atoms with E-state index in [2.05, 4.69) is 28.5 Å². The van der Waals surface area contributed by atoms with Gasteiger partial charge in [-0.1, -0.05) is 32.0 Å². The average Bonchev–Trinajstić information content (AvgIpc) is 3.23. The fourth-order valence-electron chi connectivity index (χ4n) is 4.01. The molecule has 0 atom stereocenters. The predicted octanol–water partition coefficient (Wildman–Crippen LogP) is 3.10. The lowest BCUT2D eigenvalue weighted by Gasteiger charge is -2.32. The summed E-state index contributed by atoms with van der Waals surface area (Å²) in [7, 11) is 0. The number of rotatable bonds is 5. The number of likely N-dealkylation sites (tertiary alicyclic amines) is 1. The highest BCUT2D eigenvalue weighted by atomic mass is 16.2. The summed E-state index contributed by atoms with van der Waals surface area (Å²) in [6.07, 6.45) is 5.80. The topological polar surface area (TPSA) is 73.0 Å². The summed E-state index contributed by atoms with van der Waals surface area (Å²) in [5, 5.41) is 4.33. The third kappa shape index (κ3) is 4.20. The maximum atomic E-state index is 13.0. The standard InChI is InChI=1S/C23H27N5O2/c1-17(2)22-24-12-15-27(22)16-18-10-13-26(14-11-18)23(30)20-8-9-21(29)28(25-20)19-6-4-3-5-7-19/h3-9,12,15,17-18H,10-11,13-14,16H2,1-2H3. The Morgan fingerprint density at radius 1 is 1.10 bits per heavy atom. The minimum Gasteiger partial charge on any atom is -0.337 e. The number of para-hydroxylation sites is 1. The maximum Gasteiger partial charge on any atom is 0.274 e. The first-order chi connectivity index (χ1) is 14.5. The third-order valence-electron chi connectivity index (χ3n) is 5.64. The van der Waals surface area contributed by atoms with E-state index in [9.17, 15) is 9.59 Å². The number of amides is 1.